The van der Waals surface area contributed by atoms with E-state index >= 15 is 0 Å². The highest BCUT2D eigenvalue weighted by Gasteiger charge is 2.19. The van der Waals surface area contributed by atoms with Gasteiger partial charge in [0, 0.05) is 31.7 Å². The standard InChI is InChI=1S/C13H14FN3O4/c14-10-7-8(1-2-9(10)12(19)20)16-13(21)17-5-3-11(18)15-4-6-17/h1-2,7H,3-6H2,(H,15,18)(H,16,21)(H,19,20). The summed E-state index contributed by atoms with van der Waals surface area (Å²) in [6.45, 7) is 0.985. The molecule has 2 rings (SSSR count). The zero-order valence-electron chi connectivity index (χ0n) is 11.1. The summed E-state index contributed by atoms with van der Waals surface area (Å²) in [5.74, 6) is -2.42. The summed E-state index contributed by atoms with van der Waals surface area (Å²) in [5.41, 5.74) is -0.302. The molecular formula is C13H14FN3O4. The predicted octanol–water partition coefficient (Wildman–Crippen LogP) is 0.878. The lowest BCUT2D eigenvalue weighted by Crippen LogP contribution is -2.37. The lowest BCUT2D eigenvalue weighted by atomic mass is 10.2. The van der Waals surface area contributed by atoms with Gasteiger partial charge in [0.15, 0.2) is 0 Å². The number of hydrogen-bond donors (Lipinski definition) is 3. The Kier molecular flexibility index (Phi) is 4.36. The van der Waals surface area contributed by atoms with Gasteiger partial charge in [0.05, 0.1) is 5.56 Å². The molecule has 3 amide bonds. The molecule has 0 aromatic heterocycles. The van der Waals surface area contributed by atoms with Crippen molar-refractivity contribution in [3.8, 4) is 0 Å². The van der Waals surface area contributed by atoms with Gasteiger partial charge in [-0.25, -0.2) is 14.0 Å². The van der Waals surface area contributed by atoms with E-state index in [0.717, 1.165) is 12.1 Å². The Hall–Kier alpha value is -2.64. The minimum atomic E-state index is -1.37. The summed E-state index contributed by atoms with van der Waals surface area (Å²) in [6, 6.07) is 2.88. The van der Waals surface area contributed by atoms with Crippen LogP contribution in [0.1, 0.15) is 16.8 Å². The molecule has 1 aromatic rings. The summed E-state index contributed by atoms with van der Waals surface area (Å²) in [6.07, 6.45) is 0.208. The van der Waals surface area contributed by atoms with E-state index in [2.05, 4.69) is 10.6 Å². The van der Waals surface area contributed by atoms with Crippen molar-refractivity contribution in [1.82, 2.24) is 10.2 Å². The molecule has 1 aliphatic rings. The molecule has 7 nitrogen and oxygen atoms in total. The Morgan fingerprint density at radius 2 is 2.10 bits per heavy atom. The highest BCUT2D eigenvalue weighted by atomic mass is 19.1. The lowest BCUT2D eigenvalue weighted by Gasteiger charge is -2.20. The molecule has 0 radical (unpaired) electrons. The number of carbonyl (C=O) groups excluding carboxylic acids is 2. The van der Waals surface area contributed by atoms with Crippen molar-refractivity contribution in [2.45, 2.75) is 6.42 Å². The third kappa shape index (κ3) is 3.68. The van der Waals surface area contributed by atoms with Gasteiger partial charge in [0.25, 0.3) is 0 Å². The van der Waals surface area contributed by atoms with Crippen LogP contribution >= 0.6 is 0 Å². The van der Waals surface area contributed by atoms with Gasteiger partial charge in [-0.1, -0.05) is 0 Å². The first kappa shape index (κ1) is 14.8. The van der Waals surface area contributed by atoms with Gasteiger partial charge in [0.1, 0.15) is 5.82 Å². The van der Waals surface area contributed by atoms with Crippen LogP contribution in [0.25, 0.3) is 0 Å². The van der Waals surface area contributed by atoms with Crippen LogP contribution in [0.3, 0.4) is 0 Å². The average Bonchev–Trinajstić information content (AvgIpc) is 2.63. The fourth-order valence-corrected chi connectivity index (χ4v) is 1.94. The number of benzene rings is 1. The zero-order chi connectivity index (χ0) is 15.4. The Morgan fingerprint density at radius 3 is 2.76 bits per heavy atom. The first-order valence-corrected chi connectivity index (χ1v) is 6.33. The van der Waals surface area contributed by atoms with Crippen LogP contribution in [0.4, 0.5) is 14.9 Å². The van der Waals surface area contributed by atoms with E-state index in [1.807, 2.05) is 0 Å². The second-order valence-electron chi connectivity index (χ2n) is 4.52. The molecule has 112 valence electrons. The number of rotatable bonds is 2. The highest BCUT2D eigenvalue weighted by Crippen LogP contribution is 2.15. The molecule has 1 heterocycles. The van der Waals surface area contributed by atoms with Crippen molar-refractivity contribution in [3.63, 3.8) is 0 Å². The van der Waals surface area contributed by atoms with Gasteiger partial charge in [-0.05, 0) is 18.2 Å². The van der Waals surface area contributed by atoms with Gasteiger partial charge >= 0.3 is 12.0 Å². The van der Waals surface area contributed by atoms with Crippen molar-refractivity contribution >= 4 is 23.6 Å². The molecule has 0 aliphatic carbocycles. The Labute approximate surface area is 119 Å². The lowest BCUT2D eigenvalue weighted by molar-refractivity contribution is -0.120. The Balaban J connectivity index is 2.04. The van der Waals surface area contributed by atoms with Crippen LogP contribution < -0.4 is 10.6 Å². The number of carbonyl (C=O) groups is 3. The molecule has 3 N–H and O–H groups in total. The number of hydrogen-bond acceptors (Lipinski definition) is 3. The summed E-state index contributed by atoms with van der Waals surface area (Å²) in [5, 5.41) is 13.8. The number of nitrogens with zero attached hydrogens (tertiary/aromatic N) is 1. The van der Waals surface area contributed by atoms with Crippen LogP contribution in [-0.4, -0.2) is 47.5 Å². The molecule has 0 atom stereocenters. The molecule has 0 saturated carbocycles. The van der Waals surface area contributed by atoms with E-state index in [1.54, 1.807) is 0 Å². The molecule has 0 spiro atoms. The zero-order valence-corrected chi connectivity index (χ0v) is 11.1. The summed E-state index contributed by atoms with van der Waals surface area (Å²) in [4.78, 5) is 35.3. The van der Waals surface area contributed by atoms with Gasteiger partial charge in [-0.3, -0.25) is 4.79 Å². The number of halogens is 1. The minimum absolute atomic E-state index is 0.123. The number of aromatic carboxylic acids is 1. The Bertz CT molecular complexity index is 591. The maximum atomic E-state index is 13.5. The SMILES string of the molecule is O=C1CCN(C(=O)Nc2ccc(C(=O)O)c(F)c2)CCN1. The fraction of sp³-hybridized carbons (Fsp3) is 0.308. The highest BCUT2D eigenvalue weighted by molar-refractivity contribution is 5.92. The van der Waals surface area contributed by atoms with Crippen LogP contribution in [0.5, 0.6) is 0 Å². The summed E-state index contributed by atoms with van der Waals surface area (Å²) in [7, 11) is 0. The maximum absolute atomic E-state index is 13.5. The minimum Gasteiger partial charge on any atom is -0.478 e. The number of carboxylic acid groups (broad SMARTS) is 1. The largest absolute Gasteiger partial charge is 0.478 e. The summed E-state index contributed by atoms with van der Waals surface area (Å²) >= 11 is 0. The van der Waals surface area contributed by atoms with E-state index < -0.39 is 23.4 Å². The normalized spacial score (nSPS) is 15.1. The van der Waals surface area contributed by atoms with E-state index in [1.165, 1.54) is 11.0 Å². The van der Waals surface area contributed by atoms with Crippen LogP contribution in [0.2, 0.25) is 0 Å². The van der Waals surface area contributed by atoms with Crippen molar-refractivity contribution in [1.29, 1.82) is 0 Å². The van der Waals surface area contributed by atoms with Crippen molar-refractivity contribution in [2.75, 3.05) is 25.0 Å². The van der Waals surface area contributed by atoms with Crippen LogP contribution in [0.15, 0.2) is 18.2 Å². The quantitative estimate of drug-likeness (QED) is 0.754. The van der Waals surface area contributed by atoms with E-state index in [0.29, 0.717) is 13.1 Å². The van der Waals surface area contributed by atoms with E-state index in [9.17, 15) is 18.8 Å². The van der Waals surface area contributed by atoms with Gasteiger partial charge in [-0.2, -0.15) is 0 Å². The third-order valence-electron chi connectivity index (χ3n) is 3.05. The van der Waals surface area contributed by atoms with E-state index in [4.69, 9.17) is 5.11 Å². The Morgan fingerprint density at radius 1 is 1.33 bits per heavy atom. The van der Waals surface area contributed by atoms with Gasteiger partial charge in [0.2, 0.25) is 5.91 Å². The number of nitrogens with one attached hydrogen (secondary N) is 2. The second kappa shape index (κ2) is 6.21. The summed E-state index contributed by atoms with van der Waals surface area (Å²) < 4.78 is 13.5. The van der Waals surface area contributed by atoms with Crippen molar-refractivity contribution in [2.24, 2.45) is 0 Å². The molecule has 1 aromatic carbocycles. The first-order valence-electron chi connectivity index (χ1n) is 6.33. The van der Waals surface area contributed by atoms with Gasteiger partial charge < -0.3 is 20.6 Å². The molecule has 0 unspecified atom stereocenters. The third-order valence-corrected chi connectivity index (χ3v) is 3.05. The maximum Gasteiger partial charge on any atom is 0.338 e. The smallest absolute Gasteiger partial charge is 0.338 e. The monoisotopic (exact) mass is 295 g/mol. The topological polar surface area (TPSA) is 98.7 Å². The molecule has 1 saturated heterocycles. The molecule has 1 aliphatic heterocycles. The number of carboxylic acids is 1. The first-order chi connectivity index (χ1) is 9.97. The number of urea groups is 1. The number of amides is 3. The molecule has 1 fully saturated rings. The second-order valence-corrected chi connectivity index (χ2v) is 4.52. The van der Waals surface area contributed by atoms with E-state index in [-0.39, 0.29) is 24.6 Å². The molecular weight excluding hydrogens is 281 g/mol. The van der Waals surface area contributed by atoms with Crippen LogP contribution in [0, 0.1) is 5.82 Å². The molecule has 21 heavy (non-hydrogen) atoms. The molecule has 8 heteroatoms. The number of anilines is 1. The fourth-order valence-electron chi connectivity index (χ4n) is 1.94. The van der Waals surface area contributed by atoms with Crippen LogP contribution in [-0.2, 0) is 4.79 Å². The van der Waals surface area contributed by atoms with Crippen molar-refractivity contribution < 1.29 is 23.9 Å². The average molecular weight is 295 g/mol. The van der Waals surface area contributed by atoms with Gasteiger partial charge in [-0.15, -0.1) is 0 Å². The predicted molar refractivity (Wildman–Crippen MR) is 71.6 cm³/mol. The molecule has 0 bridgehead atoms. The van der Waals surface area contributed by atoms with Crippen molar-refractivity contribution in [3.05, 3.63) is 29.6 Å².